The molecule has 1 heterocycles. The second-order valence-corrected chi connectivity index (χ2v) is 13.8. The fourth-order valence-electron chi connectivity index (χ4n) is 3.77. The zero-order valence-corrected chi connectivity index (χ0v) is 29.0. The average Bonchev–Trinajstić information content (AvgIpc) is 2.76. The molecule has 5 nitrogen and oxygen atoms in total. The number of Topliss-reactive ketones (excluding diaryl/α,β-unsaturated/α-hetero) is 1. The summed E-state index contributed by atoms with van der Waals surface area (Å²) in [7, 11) is 0. The maximum atomic E-state index is 12.6. The Kier molecular flexibility index (Phi) is 8.28. The Morgan fingerprint density at radius 1 is 1.06 bits per heavy atom. The van der Waals surface area contributed by atoms with E-state index in [1.165, 1.54) is 0 Å². The number of carboxylic acid groups (broad SMARTS) is 1. The van der Waals surface area contributed by atoms with Crippen LogP contribution in [0.1, 0.15) is 27.4 Å². The molecule has 2 aromatic carbocycles. The van der Waals surface area contributed by atoms with Crippen LogP contribution in [-0.4, -0.2) is 22.0 Å². The Hall–Kier alpha value is 1.06. The summed E-state index contributed by atoms with van der Waals surface area (Å²) in [5, 5.41) is 20.8. The number of aromatic carboxylic acids is 1. The fraction of sp³-hybridized carbons (Fsp3) is 0.100. The van der Waals surface area contributed by atoms with E-state index in [9.17, 15) is 19.8 Å². The minimum Gasteiger partial charge on any atom is -0.506 e. The van der Waals surface area contributed by atoms with Crippen LogP contribution in [0.3, 0.4) is 0 Å². The van der Waals surface area contributed by atoms with Crippen LogP contribution in [0.2, 0.25) is 0 Å². The third-order valence-electron chi connectivity index (χ3n) is 5.17. The van der Waals surface area contributed by atoms with Crippen LogP contribution in [0, 0.1) is 13.1 Å². The van der Waals surface area contributed by atoms with Gasteiger partial charge in [0.1, 0.15) is 20.8 Å². The number of carboxylic acids is 1. The quantitative estimate of drug-likeness (QED) is 0.179. The van der Waals surface area contributed by atoms with E-state index < -0.39 is 17.8 Å². The van der Waals surface area contributed by atoms with E-state index in [0.717, 1.165) is 0 Å². The lowest BCUT2D eigenvalue weighted by molar-refractivity contribution is -0.111. The molecule has 33 heavy (non-hydrogen) atoms. The lowest BCUT2D eigenvalue weighted by atomic mass is 9.74. The highest BCUT2D eigenvalue weighted by Gasteiger charge is 2.45. The third kappa shape index (κ3) is 4.41. The molecule has 0 bridgehead atoms. The first-order valence-electron chi connectivity index (χ1n) is 8.67. The van der Waals surface area contributed by atoms with Gasteiger partial charge in [-0.05, 0) is 143 Å². The number of allylic oxidation sites excluding steroid dienone is 3. The van der Waals surface area contributed by atoms with Crippen molar-refractivity contribution in [1.82, 2.24) is 0 Å². The van der Waals surface area contributed by atoms with Gasteiger partial charge in [0.05, 0.1) is 17.7 Å². The van der Waals surface area contributed by atoms with E-state index >= 15 is 0 Å². The monoisotopic (exact) mass is 1060 g/mol. The molecule has 2 unspecified atom stereocenters. The molecule has 0 saturated carbocycles. The molecule has 2 N–H and O–H groups in total. The number of ether oxygens (including phenoxy) is 1. The molecular formula is C20H6Br4ClI3O5. The lowest BCUT2D eigenvalue weighted by Crippen LogP contribution is -2.30. The molecule has 0 radical (unpaired) electrons. The zero-order valence-electron chi connectivity index (χ0n) is 15.5. The topological polar surface area (TPSA) is 83.8 Å². The number of carbonyl (C=O) groups excluding carboxylic acids is 1. The molecule has 1 aliphatic heterocycles. The molecule has 172 valence electrons. The number of halogens is 8. The second kappa shape index (κ2) is 10.1. The van der Waals surface area contributed by atoms with Gasteiger partial charge >= 0.3 is 5.97 Å². The molecule has 2 aliphatic rings. The van der Waals surface area contributed by atoms with Gasteiger partial charge in [-0.15, -0.1) is 0 Å². The number of phenolic OH excluding ortho intramolecular Hbond substituents is 1. The van der Waals surface area contributed by atoms with Crippen molar-refractivity contribution in [1.29, 1.82) is 0 Å². The van der Waals surface area contributed by atoms with Crippen LogP contribution in [0.25, 0.3) is 0 Å². The summed E-state index contributed by atoms with van der Waals surface area (Å²) in [5.41, 5.74) is 1.18. The largest absolute Gasteiger partial charge is 0.506 e. The van der Waals surface area contributed by atoms with Crippen LogP contribution in [0.15, 0.2) is 44.4 Å². The zero-order chi connectivity index (χ0) is 24.5. The number of phenols is 1. The molecule has 0 amide bonds. The average molecular weight is 1060 g/mol. The first kappa shape index (κ1) is 27.1. The molecule has 0 spiro atoms. The van der Waals surface area contributed by atoms with Gasteiger partial charge in [-0.25, -0.2) is 4.79 Å². The van der Waals surface area contributed by atoms with Gasteiger partial charge < -0.3 is 14.9 Å². The molecule has 0 aromatic heterocycles. The van der Waals surface area contributed by atoms with Crippen molar-refractivity contribution in [3.63, 3.8) is 0 Å². The van der Waals surface area contributed by atoms with Crippen molar-refractivity contribution in [2.75, 3.05) is 0 Å². The number of rotatable bonds is 2. The Morgan fingerprint density at radius 3 is 2.27 bits per heavy atom. The molecule has 2 atom stereocenters. The van der Waals surface area contributed by atoms with Crippen LogP contribution in [-0.2, 0) is 4.79 Å². The Balaban J connectivity index is 2.19. The fourth-order valence-corrected chi connectivity index (χ4v) is 9.31. The van der Waals surface area contributed by atoms with Crippen molar-refractivity contribution in [3.05, 3.63) is 68.2 Å². The van der Waals surface area contributed by atoms with Gasteiger partial charge in [0.15, 0.2) is 0 Å². The Labute approximate surface area is 267 Å². The normalized spacial score (nSPS) is 19.6. The van der Waals surface area contributed by atoms with E-state index in [4.69, 9.17) is 16.3 Å². The van der Waals surface area contributed by atoms with Crippen molar-refractivity contribution in [2.24, 2.45) is 5.92 Å². The molecule has 1 aliphatic carbocycles. The molecule has 2 aromatic rings. The summed E-state index contributed by atoms with van der Waals surface area (Å²) in [6.45, 7) is 0. The number of benzene rings is 2. The molecule has 4 rings (SSSR count). The Morgan fingerprint density at radius 2 is 1.67 bits per heavy atom. The third-order valence-corrected chi connectivity index (χ3v) is 13.1. The minimum atomic E-state index is -1.14. The smallest absolute Gasteiger partial charge is 0.337 e. The molecule has 0 saturated heterocycles. The molecule has 0 fully saturated rings. The van der Waals surface area contributed by atoms with Crippen molar-refractivity contribution in [2.45, 2.75) is 5.92 Å². The summed E-state index contributed by atoms with van der Waals surface area (Å²) >= 11 is 26.2. The van der Waals surface area contributed by atoms with E-state index in [2.05, 4.69) is 63.7 Å². The summed E-state index contributed by atoms with van der Waals surface area (Å²) in [6, 6.07) is 1.77. The number of aromatic hydroxyl groups is 1. The van der Waals surface area contributed by atoms with Crippen molar-refractivity contribution < 1.29 is 24.5 Å². The summed E-state index contributed by atoms with van der Waals surface area (Å²) in [6.07, 6.45) is 1.60. The summed E-state index contributed by atoms with van der Waals surface area (Å²) in [4.78, 5) is 25.1. The van der Waals surface area contributed by atoms with Gasteiger partial charge in [0.2, 0.25) is 5.78 Å². The van der Waals surface area contributed by atoms with Gasteiger partial charge in [-0.3, -0.25) is 4.79 Å². The maximum absolute atomic E-state index is 12.6. The number of fused-ring (bicyclic) bond motifs is 2. The van der Waals surface area contributed by atoms with Crippen LogP contribution >= 0.6 is 143 Å². The van der Waals surface area contributed by atoms with Crippen LogP contribution in [0.4, 0.5) is 0 Å². The van der Waals surface area contributed by atoms with E-state index in [1.54, 1.807) is 12.1 Å². The molecular weight excluding hydrogens is 1060 g/mol. The summed E-state index contributed by atoms with van der Waals surface area (Å²) < 4.78 is 9.58. The van der Waals surface area contributed by atoms with Gasteiger partial charge in [0.25, 0.3) is 0 Å². The van der Waals surface area contributed by atoms with E-state index in [1.807, 2.05) is 67.8 Å². The first-order valence-corrected chi connectivity index (χ1v) is 15.5. The van der Waals surface area contributed by atoms with Crippen LogP contribution in [0.5, 0.6) is 11.5 Å². The summed E-state index contributed by atoms with van der Waals surface area (Å²) in [5.74, 6) is -1.88. The highest BCUT2D eigenvalue weighted by atomic mass is 127. The Bertz CT molecular complexity index is 1360. The second-order valence-electron chi connectivity index (χ2n) is 6.92. The number of carbonyl (C=O) groups is 2. The van der Waals surface area contributed by atoms with Gasteiger partial charge in [0, 0.05) is 35.3 Å². The van der Waals surface area contributed by atoms with Gasteiger partial charge in [-0.1, -0.05) is 17.7 Å². The maximum Gasteiger partial charge on any atom is 0.337 e. The predicted molar refractivity (Wildman–Crippen MR) is 164 cm³/mol. The van der Waals surface area contributed by atoms with Gasteiger partial charge in [-0.2, -0.15) is 0 Å². The molecule has 13 heteroatoms. The number of ketones is 1. The van der Waals surface area contributed by atoms with Crippen molar-refractivity contribution in [3.8, 4) is 11.5 Å². The van der Waals surface area contributed by atoms with E-state index in [-0.39, 0.29) is 22.1 Å². The minimum absolute atomic E-state index is 0.0385. The predicted octanol–water partition coefficient (Wildman–Crippen LogP) is 8.84. The van der Waals surface area contributed by atoms with Crippen molar-refractivity contribution >= 4 is 155 Å². The lowest BCUT2D eigenvalue weighted by Gasteiger charge is -2.38. The standard InChI is InChI=1S/C20H6Br4ClI3O5/c21-10-8(9(20(31)32)11(22)13(24)12(10)23)7-3-1-5(25)16(29)14(27)18(3)33-19-4(7)2-6(26)17(30)15(19)28/h1-3,7,30H,(H,31,32). The SMILES string of the molecule is O=C1C(Cl)=CC2C(=C1I)Oc1c(cc(I)c(O)c1I)C2c1c(Br)c(Br)c(Br)c(Br)c1C(=O)O. The first-order chi connectivity index (χ1) is 15.4. The van der Waals surface area contributed by atoms with E-state index in [0.29, 0.717) is 51.2 Å². The number of hydrogen-bond donors (Lipinski definition) is 2. The highest BCUT2D eigenvalue weighted by Crippen LogP contribution is 2.57. The van der Waals surface area contributed by atoms with Crippen LogP contribution < -0.4 is 4.74 Å². The number of hydrogen-bond acceptors (Lipinski definition) is 4. The highest BCUT2D eigenvalue weighted by molar-refractivity contribution is 14.1.